The average molecular weight is 347 g/mol. The minimum Gasteiger partial charge on any atom is -0.347 e. The van der Waals surface area contributed by atoms with E-state index in [-0.39, 0.29) is 12.2 Å². The van der Waals surface area contributed by atoms with Crippen LogP contribution in [0.1, 0.15) is 6.42 Å². The quantitative estimate of drug-likeness (QED) is 0.770. The first-order valence-corrected chi connectivity index (χ1v) is 8.49. The number of nitrogens with zero attached hydrogens (tertiary/aromatic N) is 6. The van der Waals surface area contributed by atoms with E-state index in [0.29, 0.717) is 11.6 Å². The maximum Gasteiger partial charge on any atom is 0.330 e. The summed E-state index contributed by atoms with van der Waals surface area (Å²) in [5.41, 5.74) is 2.72. The maximum absolute atomic E-state index is 12.9. The highest BCUT2D eigenvalue weighted by Crippen LogP contribution is 2.45. The molecule has 1 unspecified atom stereocenters. The largest absolute Gasteiger partial charge is 0.347 e. The van der Waals surface area contributed by atoms with E-state index in [1.165, 1.54) is 0 Å². The SMILES string of the molecule is Cn1cc(-c2ccc3c(n2)N(C(=O)Nc2ccccn2)C2CCN32)cn1. The number of hydrogen-bond acceptors (Lipinski definition) is 5. The van der Waals surface area contributed by atoms with Gasteiger partial charge >= 0.3 is 6.03 Å². The Hall–Kier alpha value is -3.42. The predicted octanol–water partition coefficient (Wildman–Crippen LogP) is 2.47. The molecule has 3 aromatic heterocycles. The number of nitrogens with one attached hydrogen (secondary N) is 1. The van der Waals surface area contributed by atoms with Crippen LogP contribution in [0, 0.1) is 0 Å². The number of carbonyl (C=O) groups is 1. The summed E-state index contributed by atoms with van der Waals surface area (Å²) in [6.45, 7) is 0.930. The first-order valence-electron chi connectivity index (χ1n) is 8.49. The summed E-state index contributed by atoms with van der Waals surface area (Å²) >= 11 is 0. The van der Waals surface area contributed by atoms with Crippen molar-refractivity contribution in [2.24, 2.45) is 7.05 Å². The standard InChI is InChI=1S/C18H17N7O/c1-23-11-12(10-20-23)13-5-6-14-17(21-13)25(16-7-9-24(14)16)18(26)22-15-4-2-3-8-19-15/h2-6,8,10-11,16H,7,9H2,1H3,(H,19,22,26). The van der Waals surface area contributed by atoms with E-state index >= 15 is 0 Å². The summed E-state index contributed by atoms with van der Waals surface area (Å²) in [5.74, 6) is 1.21. The molecule has 0 radical (unpaired) electrons. The van der Waals surface area contributed by atoms with Crippen LogP contribution >= 0.6 is 0 Å². The number of carbonyl (C=O) groups excluding carboxylic acids is 1. The molecule has 1 saturated heterocycles. The first kappa shape index (κ1) is 14.9. The van der Waals surface area contributed by atoms with Crippen molar-refractivity contribution < 1.29 is 4.79 Å². The van der Waals surface area contributed by atoms with Crippen LogP contribution in [0.4, 0.5) is 22.1 Å². The van der Waals surface area contributed by atoms with Crippen LogP contribution in [0.2, 0.25) is 0 Å². The Balaban J connectivity index is 1.51. The van der Waals surface area contributed by atoms with Crippen LogP contribution in [0.3, 0.4) is 0 Å². The summed E-state index contributed by atoms with van der Waals surface area (Å²) < 4.78 is 1.74. The molecule has 3 aromatic rings. The van der Waals surface area contributed by atoms with Gasteiger partial charge in [0.1, 0.15) is 12.0 Å². The molecule has 26 heavy (non-hydrogen) atoms. The Bertz CT molecular complexity index is 984. The number of anilines is 3. The predicted molar refractivity (Wildman–Crippen MR) is 97.9 cm³/mol. The first-order chi connectivity index (χ1) is 12.7. The number of aryl methyl sites for hydroxylation is 1. The molecule has 8 heteroatoms. The summed E-state index contributed by atoms with van der Waals surface area (Å²) in [7, 11) is 1.87. The van der Waals surface area contributed by atoms with Crippen LogP contribution < -0.4 is 15.1 Å². The van der Waals surface area contributed by atoms with Gasteiger partial charge in [-0.2, -0.15) is 5.10 Å². The molecule has 5 rings (SSSR count). The monoisotopic (exact) mass is 347 g/mol. The van der Waals surface area contributed by atoms with Crippen LogP contribution in [0.15, 0.2) is 48.9 Å². The molecule has 1 fully saturated rings. The van der Waals surface area contributed by atoms with Crippen molar-refractivity contribution in [2.75, 3.05) is 21.7 Å². The number of urea groups is 1. The molecule has 8 nitrogen and oxygen atoms in total. The van der Waals surface area contributed by atoms with Crippen LogP contribution in [-0.4, -0.2) is 38.5 Å². The van der Waals surface area contributed by atoms with E-state index in [4.69, 9.17) is 4.98 Å². The van der Waals surface area contributed by atoms with Crippen molar-refractivity contribution >= 4 is 23.4 Å². The van der Waals surface area contributed by atoms with Crippen molar-refractivity contribution in [1.82, 2.24) is 19.7 Å². The van der Waals surface area contributed by atoms with Crippen LogP contribution in [0.5, 0.6) is 0 Å². The number of pyridine rings is 2. The fraction of sp³-hybridized carbons (Fsp3) is 0.222. The second kappa shape index (κ2) is 5.55. The van der Waals surface area contributed by atoms with Crippen molar-refractivity contribution in [3.8, 4) is 11.3 Å². The number of amides is 2. The fourth-order valence-corrected chi connectivity index (χ4v) is 3.46. The molecular formula is C18H17N7O. The lowest BCUT2D eigenvalue weighted by Gasteiger charge is -2.39. The molecule has 130 valence electrons. The van der Waals surface area contributed by atoms with Gasteiger partial charge in [-0.15, -0.1) is 0 Å². The number of fused-ring (bicyclic) bond motifs is 3. The minimum absolute atomic E-state index is 0.0189. The Morgan fingerprint density at radius 2 is 2.19 bits per heavy atom. The van der Waals surface area contributed by atoms with E-state index in [0.717, 1.165) is 29.9 Å². The van der Waals surface area contributed by atoms with Crippen molar-refractivity contribution in [3.63, 3.8) is 0 Å². The highest BCUT2D eigenvalue weighted by atomic mass is 16.2. The van der Waals surface area contributed by atoms with Gasteiger partial charge in [0.2, 0.25) is 0 Å². The van der Waals surface area contributed by atoms with Gasteiger partial charge in [-0.25, -0.2) is 14.8 Å². The van der Waals surface area contributed by atoms with Gasteiger partial charge in [0.25, 0.3) is 0 Å². The lowest BCUT2D eigenvalue weighted by molar-refractivity contribution is 0.252. The summed E-state index contributed by atoms with van der Waals surface area (Å²) in [5, 5.41) is 7.07. The lowest BCUT2D eigenvalue weighted by Crippen LogP contribution is -2.56. The summed E-state index contributed by atoms with van der Waals surface area (Å²) in [6, 6.07) is 9.22. The van der Waals surface area contributed by atoms with E-state index in [1.807, 2.05) is 37.5 Å². The molecule has 1 atom stereocenters. The summed E-state index contributed by atoms with van der Waals surface area (Å²) in [6.07, 6.45) is 6.29. The van der Waals surface area contributed by atoms with E-state index in [9.17, 15) is 4.79 Å². The topological polar surface area (TPSA) is 79.2 Å². The molecule has 0 spiro atoms. The molecule has 0 bridgehead atoms. The molecule has 2 aliphatic rings. The van der Waals surface area contributed by atoms with E-state index < -0.39 is 0 Å². The highest BCUT2D eigenvalue weighted by Gasteiger charge is 2.46. The normalized spacial score (nSPS) is 17.5. The minimum atomic E-state index is -0.215. The van der Waals surface area contributed by atoms with Gasteiger partial charge in [-0.1, -0.05) is 6.07 Å². The lowest BCUT2D eigenvalue weighted by atomic mass is 10.1. The Morgan fingerprint density at radius 1 is 1.27 bits per heavy atom. The smallest absolute Gasteiger partial charge is 0.330 e. The Labute approximate surface area is 150 Å². The molecule has 2 amide bonds. The molecule has 0 aromatic carbocycles. The van der Waals surface area contributed by atoms with Gasteiger partial charge in [0.15, 0.2) is 5.82 Å². The van der Waals surface area contributed by atoms with Gasteiger partial charge in [-0.3, -0.25) is 14.9 Å². The zero-order valence-corrected chi connectivity index (χ0v) is 14.2. The molecule has 2 aliphatic heterocycles. The van der Waals surface area contributed by atoms with Gasteiger partial charge in [-0.05, 0) is 24.3 Å². The van der Waals surface area contributed by atoms with Crippen LogP contribution in [0.25, 0.3) is 11.3 Å². The van der Waals surface area contributed by atoms with Crippen LogP contribution in [-0.2, 0) is 7.05 Å². The number of hydrogen-bond donors (Lipinski definition) is 1. The second-order valence-corrected chi connectivity index (χ2v) is 6.42. The zero-order chi connectivity index (χ0) is 17.7. The second-order valence-electron chi connectivity index (χ2n) is 6.42. The molecule has 0 saturated carbocycles. The van der Waals surface area contributed by atoms with Gasteiger partial charge < -0.3 is 4.90 Å². The zero-order valence-electron chi connectivity index (χ0n) is 14.2. The maximum atomic E-state index is 12.9. The molecular weight excluding hydrogens is 330 g/mol. The summed E-state index contributed by atoms with van der Waals surface area (Å²) in [4.78, 5) is 25.8. The van der Waals surface area contributed by atoms with Gasteiger partial charge in [0, 0.05) is 38.0 Å². The molecule has 1 N–H and O–H groups in total. The number of aromatic nitrogens is 4. The third-order valence-corrected chi connectivity index (χ3v) is 4.80. The van der Waals surface area contributed by atoms with Gasteiger partial charge in [0.05, 0.1) is 17.6 Å². The number of rotatable bonds is 2. The van der Waals surface area contributed by atoms with Crippen molar-refractivity contribution in [1.29, 1.82) is 0 Å². The average Bonchev–Trinajstić information content (AvgIpc) is 3.14. The molecule has 0 aliphatic carbocycles. The van der Waals surface area contributed by atoms with Crippen molar-refractivity contribution in [3.05, 3.63) is 48.9 Å². The third kappa shape index (κ3) is 2.22. The van der Waals surface area contributed by atoms with Crippen molar-refractivity contribution in [2.45, 2.75) is 12.6 Å². The van der Waals surface area contributed by atoms with E-state index in [1.54, 1.807) is 28.0 Å². The van der Waals surface area contributed by atoms with E-state index in [2.05, 4.69) is 20.3 Å². The fourth-order valence-electron chi connectivity index (χ4n) is 3.46. The Morgan fingerprint density at radius 3 is 2.88 bits per heavy atom. The third-order valence-electron chi connectivity index (χ3n) is 4.80. The Kier molecular flexibility index (Phi) is 3.18. The molecule has 5 heterocycles. The highest BCUT2D eigenvalue weighted by molar-refractivity contribution is 6.06.